The lowest BCUT2D eigenvalue weighted by Gasteiger charge is -2.21. The van der Waals surface area contributed by atoms with Crippen molar-refractivity contribution in [3.8, 4) is 17.2 Å². The second-order valence-electron chi connectivity index (χ2n) is 6.97. The number of fused-ring (bicyclic) bond motifs is 1. The maximum Gasteiger partial charge on any atom is 0.339 e. The van der Waals surface area contributed by atoms with Crippen LogP contribution in [0.2, 0.25) is 0 Å². The number of rotatable bonds is 7. The molecule has 0 unspecified atom stereocenters. The summed E-state index contributed by atoms with van der Waals surface area (Å²) in [6.45, 7) is 3.17. The van der Waals surface area contributed by atoms with Gasteiger partial charge in [-0.15, -0.1) is 0 Å². The van der Waals surface area contributed by atoms with Gasteiger partial charge in [-0.1, -0.05) is 42.5 Å². The number of ether oxygens (including phenoxy) is 4. The van der Waals surface area contributed by atoms with Crippen molar-refractivity contribution in [2.45, 2.75) is 13.0 Å². The summed E-state index contributed by atoms with van der Waals surface area (Å²) in [5, 5.41) is 2.81. The zero-order chi connectivity index (χ0) is 22.3. The van der Waals surface area contributed by atoms with Crippen molar-refractivity contribution in [3.63, 3.8) is 0 Å². The fourth-order valence-corrected chi connectivity index (χ4v) is 3.30. The van der Waals surface area contributed by atoms with Gasteiger partial charge in [0, 0.05) is 5.56 Å². The zero-order valence-electron chi connectivity index (χ0n) is 17.6. The summed E-state index contributed by atoms with van der Waals surface area (Å²) >= 11 is 0. The third-order valence-corrected chi connectivity index (χ3v) is 4.79. The van der Waals surface area contributed by atoms with Crippen LogP contribution >= 0.6 is 0 Å². The van der Waals surface area contributed by atoms with Crippen LogP contribution in [0.1, 0.15) is 28.9 Å². The molecule has 3 aromatic rings. The number of para-hydroxylation sites is 2. The highest BCUT2D eigenvalue weighted by Crippen LogP contribution is 2.32. The van der Waals surface area contributed by atoms with Gasteiger partial charge in [0.25, 0.3) is 5.91 Å². The number of hydrogen-bond acceptors (Lipinski definition) is 6. The van der Waals surface area contributed by atoms with Crippen LogP contribution in [0.5, 0.6) is 17.2 Å². The third kappa shape index (κ3) is 4.83. The average Bonchev–Trinajstić information content (AvgIpc) is 2.84. The highest BCUT2D eigenvalue weighted by atomic mass is 16.6. The summed E-state index contributed by atoms with van der Waals surface area (Å²) in [5.74, 6) is 0.432. The molecular formula is C25H23NO6. The standard InChI is InChI=1S/C25H23NO6/c1-2-29-20-11-7-6-10-19(20)26-24(27)23(17-8-4-3-5-9-17)32-25(28)18-12-13-21-22(16-18)31-15-14-30-21/h3-13,16,23H,2,14-15H2,1H3,(H,26,27)/t23-/m1/s1. The Labute approximate surface area is 185 Å². The van der Waals surface area contributed by atoms with Gasteiger partial charge in [-0.05, 0) is 37.3 Å². The van der Waals surface area contributed by atoms with E-state index in [2.05, 4.69) is 5.32 Å². The molecule has 0 aliphatic carbocycles. The summed E-state index contributed by atoms with van der Waals surface area (Å²) in [4.78, 5) is 26.1. The smallest absolute Gasteiger partial charge is 0.339 e. The molecule has 1 N–H and O–H groups in total. The van der Waals surface area contributed by atoms with E-state index >= 15 is 0 Å². The molecule has 0 fully saturated rings. The first-order valence-corrected chi connectivity index (χ1v) is 10.3. The number of anilines is 1. The van der Waals surface area contributed by atoms with Crippen molar-refractivity contribution in [1.29, 1.82) is 0 Å². The molecule has 0 saturated carbocycles. The number of carbonyl (C=O) groups excluding carboxylic acids is 2. The van der Waals surface area contributed by atoms with Crippen LogP contribution in [-0.2, 0) is 9.53 Å². The van der Waals surface area contributed by atoms with Crippen LogP contribution in [0.3, 0.4) is 0 Å². The predicted octanol–water partition coefficient (Wildman–Crippen LogP) is 4.39. The van der Waals surface area contributed by atoms with E-state index < -0.39 is 18.0 Å². The maximum atomic E-state index is 13.2. The van der Waals surface area contributed by atoms with E-state index in [0.29, 0.717) is 48.3 Å². The van der Waals surface area contributed by atoms with Gasteiger partial charge in [0.1, 0.15) is 19.0 Å². The van der Waals surface area contributed by atoms with E-state index in [1.54, 1.807) is 60.7 Å². The summed E-state index contributed by atoms with van der Waals surface area (Å²) in [6.07, 6.45) is -1.16. The molecule has 1 heterocycles. The molecule has 7 heteroatoms. The fraction of sp³-hybridized carbons (Fsp3) is 0.200. The third-order valence-electron chi connectivity index (χ3n) is 4.79. The Hall–Kier alpha value is -4.00. The molecule has 1 aliphatic heterocycles. The van der Waals surface area contributed by atoms with Crippen LogP contribution < -0.4 is 19.5 Å². The average molecular weight is 433 g/mol. The Morgan fingerprint density at radius 3 is 2.44 bits per heavy atom. The molecule has 0 radical (unpaired) electrons. The zero-order valence-corrected chi connectivity index (χ0v) is 17.6. The van der Waals surface area contributed by atoms with E-state index in [0.717, 1.165) is 0 Å². The predicted molar refractivity (Wildman–Crippen MR) is 118 cm³/mol. The van der Waals surface area contributed by atoms with Crippen molar-refractivity contribution in [3.05, 3.63) is 83.9 Å². The number of benzene rings is 3. The molecule has 164 valence electrons. The van der Waals surface area contributed by atoms with Gasteiger partial charge in [-0.3, -0.25) is 4.79 Å². The molecule has 3 aromatic carbocycles. The second kappa shape index (κ2) is 9.87. The van der Waals surface area contributed by atoms with Crippen LogP contribution in [0.25, 0.3) is 0 Å². The number of esters is 1. The first-order chi connectivity index (χ1) is 15.7. The summed E-state index contributed by atoms with van der Waals surface area (Å²) in [6, 6.07) is 20.7. The van der Waals surface area contributed by atoms with E-state index in [4.69, 9.17) is 18.9 Å². The summed E-state index contributed by atoms with van der Waals surface area (Å²) in [7, 11) is 0. The Morgan fingerprint density at radius 2 is 1.66 bits per heavy atom. The Bertz CT molecular complexity index is 1100. The minimum Gasteiger partial charge on any atom is -0.492 e. The van der Waals surface area contributed by atoms with Crippen LogP contribution in [0, 0.1) is 0 Å². The number of carbonyl (C=O) groups is 2. The van der Waals surface area contributed by atoms with Crippen LogP contribution in [0.4, 0.5) is 5.69 Å². The molecule has 32 heavy (non-hydrogen) atoms. The minimum atomic E-state index is -1.16. The molecule has 1 amide bonds. The molecule has 0 saturated heterocycles. The molecular weight excluding hydrogens is 410 g/mol. The lowest BCUT2D eigenvalue weighted by atomic mass is 10.1. The summed E-state index contributed by atoms with van der Waals surface area (Å²) in [5.41, 5.74) is 1.30. The number of amides is 1. The van der Waals surface area contributed by atoms with Gasteiger partial charge >= 0.3 is 5.97 Å². The van der Waals surface area contributed by atoms with E-state index in [1.165, 1.54) is 0 Å². The number of hydrogen-bond donors (Lipinski definition) is 1. The van der Waals surface area contributed by atoms with Gasteiger partial charge < -0.3 is 24.3 Å². The highest BCUT2D eigenvalue weighted by Gasteiger charge is 2.27. The normalized spacial score (nSPS) is 13.0. The van der Waals surface area contributed by atoms with Gasteiger partial charge in [0.2, 0.25) is 6.10 Å². The van der Waals surface area contributed by atoms with Crippen LogP contribution in [0.15, 0.2) is 72.8 Å². The van der Waals surface area contributed by atoms with Crippen molar-refractivity contribution in [1.82, 2.24) is 0 Å². The molecule has 0 spiro atoms. The van der Waals surface area contributed by atoms with Crippen molar-refractivity contribution >= 4 is 17.6 Å². The van der Waals surface area contributed by atoms with Crippen molar-refractivity contribution in [2.24, 2.45) is 0 Å². The fourth-order valence-electron chi connectivity index (χ4n) is 3.30. The molecule has 0 aromatic heterocycles. The van der Waals surface area contributed by atoms with E-state index in [-0.39, 0.29) is 5.56 Å². The highest BCUT2D eigenvalue weighted by molar-refractivity contribution is 5.99. The van der Waals surface area contributed by atoms with Gasteiger partial charge in [-0.2, -0.15) is 0 Å². The molecule has 0 bridgehead atoms. The Morgan fingerprint density at radius 1 is 0.938 bits per heavy atom. The lowest BCUT2D eigenvalue weighted by molar-refractivity contribution is -0.125. The monoisotopic (exact) mass is 433 g/mol. The van der Waals surface area contributed by atoms with Gasteiger partial charge in [0.05, 0.1) is 17.9 Å². The summed E-state index contributed by atoms with van der Waals surface area (Å²) < 4.78 is 22.3. The van der Waals surface area contributed by atoms with Gasteiger partial charge in [-0.25, -0.2) is 4.79 Å². The SMILES string of the molecule is CCOc1ccccc1NC(=O)[C@H](OC(=O)c1ccc2c(c1)OCCO2)c1ccccc1. The quantitative estimate of drug-likeness (QED) is 0.557. The topological polar surface area (TPSA) is 83.1 Å². The molecule has 1 aliphatic rings. The largest absolute Gasteiger partial charge is 0.492 e. The molecule has 7 nitrogen and oxygen atoms in total. The van der Waals surface area contributed by atoms with Crippen molar-refractivity contribution < 1.29 is 28.5 Å². The van der Waals surface area contributed by atoms with E-state index in [1.807, 2.05) is 19.1 Å². The minimum absolute atomic E-state index is 0.262. The number of nitrogens with one attached hydrogen (secondary N) is 1. The second-order valence-corrected chi connectivity index (χ2v) is 6.97. The molecule has 4 rings (SSSR count). The van der Waals surface area contributed by atoms with Gasteiger partial charge in [0.15, 0.2) is 11.5 Å². The Kier molecular flexibility index (Phi) is 6.55. The first kappa shape index (κ1) is 21.2. The first-order valence-electron chi connectivity index (χ1n) is 10.3. The lowest BCUT2D eigenvalue weighted by Crippen LogP contribution is -2.26. The van der Waals surface area contributed by atoms with E-state index in [9.17, 15) is 9.59 Å². The maximum absolute atomic E-state index is 13.2. The Balaban J connectivity index is 1.57. The molecule has 1 atom stereocenters. The van der Waals surface area contributed by atoms with Crippen LogP contribution in [-0.4, -0.2) is 31.7 Å². The van der Waals surface area contributed by atoms with Crippen molar-refractivity contribution in [2.75, 3.05) is 25.1 Å².